The van der Waals surface area contributed by atoms with Gasteiger partial charge in [0.15, 0.2) is 0 Å². The molecule has 1 unspecified atom stereocenters. The smallest absolute Gasteiger partial charge is 0.142 e. The standard InChI is InChI=1S/C17H18ClF2N/c1-3-21-17(8-12-6-4-11(2)5-7-12)13-9-16(20)14(18)10-15(13)19/h4-7,9-10,17,21H,3,8H2,1-2H3. The summed E-state index contributed by atoms with van der Waals surface area (Å²) in [7, 11) is 0. The largest absolute Gasteiger partial charge is 0.310 e. The van der Waals surface area contributed by atoms with Gasteiger partial charge in [-0.1, -0.05) is 48.4 Å². The summed E-state index contributed by atoms with van der Waals surface area (Å²) in [5.74, 6) is -1.08. The quantitative estimate of drug-likeness (QED) is 0.781. The van der Waals surface area contributed by atoms with Crippen LogP contribution in [-0.4, -0.2) is 6.54 Å². The number of rotatable bonds is 5. The molecule has 0 aliphatic heterocycles. The molecule has 0 spiro atoms. The lowest BCUT2D eigenvalue weighted by molar-refractivity contribution is 0.502. The van der Waals surface area contributed by atoms with E-state index in [2.05, 4.69) is 5.32 Å². The normalized spacial score (nSPS) is 12.4. The molecule has 21 heavy (non-hydrogen) atoms. The first kappa shape index (κ1) is 15.9. The molecule has 0 heterocycles. The molecule has 0 bridgehead atoms. The van der Waals surface area contributed by atoms with Gasteiger partial charge in [0.05, 0.1) is 5.02 Å². The van der Waals surface area contributed by atoms with Crippen molar-refractivity contribution in [3.8, 4) is 0 Å². The Hall–Kier alpha value is -1.45. The van der Waals surface area contributed by atoms with E-state index in [-0.39, 0.29) is 11.1 Å². The summed E-state index contributed by atoms with van der Waals surface area (Å²) in [5, 5.41) is 3.01. The lowest BCUT2D eigenvalue weighted by Crippen LogP contribution is -2.24. The van der Waals surface area contributed by atoms with Gasteiger partial charge < -0.3 is 5.32 Å². The SMILES string of the molecule is CCNC(Cc1ccc(C)cc1)c1cc(F)c(Cl)cc1F. The summed E-state index contributed by atoms with van der Waals surface area (Å²) in [4.78, 5) is 0. The first-order valence-corrected chi connectivity index (χ1v) is 7.32. The highest BCUT2D eigenvalue weighted by Gasteiger charge is 2.18. The monoisotopic (exact) mass is 309 g/mol. The lowest BCUT2D eigenvalue weighted by Gasteiger charge is -2.19. The van der Waals surface area contributed by atoms with E-state index in [9.17, 15) is 8.78 Å². The summed E-state index contributed by atoms with van der Waals surface area (Å²) in [6.45, 7) is 4.62. The van der Waals surface area contributed by atoms with Crippen LogP contribution in [-0.2, 0) is 6.42 Å². The van der Waals surface area contributed by atoms with Gasteiger partial charge in [0.2, 0.25) is 0 Å². The highest BCUT2D eigenvalue weighted by molar-refractivity contribution is 6.30. The van der Waals surface area contributed by atoms with Gasteiger partial charge in [-0.3, -0.25) is 0 Å². The zero-order valence-electron chi connectivity index (χ0n) is 12.1. The van der Waals surface area contributed by atoms with Crippen molar-refractivity contribution in [2.45, 2.75) is 26.3 Å². The summed E-state index contributed by atoms with van der Waals surface area (Å²) in [6.07, 6.45) is 0.589. The van der Waals surface area contributed by atoms with Gasteiger partial charge in [0.25, 0.3) is 0 Å². The zero-order valence-corrected chi connectivity index (χ0v) is 12.8. The van der Waals surface area contributed by atoms with E-state index < -0.39 is 11.6 Å². The predicted octanol–water partition coefficient (Wildman–Crippen LogP) is 4.82. The van der Waals surface area contributed by atoms with Gasteiger partial charge in [0.1, 0.15) is 11.6 Å². The van der Waals surface area contributed by atoms with Crippen molar-refractivity contribution in [2.24, 2.45) is 0 Å². The number of aryl methyl sites for hydroxylation is 1. The van der Waals surface area contributed by atoms with Gasteiger partial charge >= 0.3 is 0 Å². The Bertz CT molecular complexity index is 611. The Kier molecular flexibility index (Phi) is 5.32. The first-order chi connectivity index (χ1) is 10.0. The van der Waals surface area contributed by atoms with E-state index in [1.165, 1.54) is 11.6 Å². The van der Waals surface area contributed by atoms with Gasteiger partial charge in [0, 0.05) is 11.6 Å². The molecule has 0 aliphatic rings. The molecule has 1 N–H and O–H groups in total. The molecule has 2 aromatic carbocycles. The van der Waals surface area contributed by atoms with E-state index in [0.717, 1.165) is 11.6 Å². The predicted molar refractivity (Wildman–Crippen MR) is 82.7 cm³/mol. The topological polar surface area (TPSA) is 12.0 Å². The van der Waals surface area contributed by atoms with Crippen LogP contribution in [0.25, 0.3) is 0 Å². The molecule has 0 amide bonds. The molecular weight excluding hydrogens is 292 g/mol. The third kappa shape index (κ3) is 4.02. The van der Waals surface area contributed by atoms with Crippen LogP contribution in [0.1, 0.15) is 29.7 Å². The maximum atomic E-state index is 14.1. The van der Waals surface area contributed by atoms with Crippen LogP contribution in [0.15, 0.2) is 36.4 Å². The third-order valence-corrected chi connectivity index (χ3v) is 3.72. The first-order valence-electron chi connectivity index (χ1n) is 6.94. The fourth-order valence-electron chi connectivity index (χ4n) is 2.30. The van der Waals surface area contributed by atoms with Gasteiger partial charge in [-0.25, -0.2) is 8.78 Å². The van der Waals surface area contributed by atoms with Crippen LogP contribution in [0.4, 0.5) is 8.78 Å². The van der Waals surface area contributed by atoms with Crippen LogP contribution in [0.5, 0.6) is 0 Å². The van der Waals surface area contributed by atoms with E-state index in [1.54, 1.807) is 0 Å². The van der Waals surface area contributed by atoms with Crippen molar-refractivity contribution in [2.75, 3.05) is 6.54 Å². The minimum Gasteiger partial charge on any atom is -0.310 e. The van der Waals surface area contributed by atoms with Crippen molar-refractivity contribution < 1.29 is 8.78 Å². The molecule has 1 nitrogen and oxygen atoms in total. The molecule has 2 rings (SSSR count). The van der Waals surface area contributed by atoms with E-state index in [4.69, 9.17) is 11.6 Å². The molecule has 4 heteroatoms. The molecule has 112 valence electrons. The fraction of sp³-hybridized carbons (Fsp3) is 0.294. The van der Waals surface area contributed by atoms with Crippen LogP contribution >= 0.6 is 11.6 Å². The number of likely N-dealkylation sites (N-methyl/N-ethyl adjacent to an activating group) is 1. The second kappa shape index (κ2) is 7.01. The summed E-state index contributed by atoms with van der Waals surface area (Å²) in [6, 6.07) is 9.96. The van der Waals surface area contributed by atoms with E-state index in [1.807, 2.05) is 38.1 Å². The van der Waals surface area contributed by atoms with Crippen LogP contribution in [0.2, 0.25) is 5.02 Å². The summed E-state index contributed by atoms with van der Waals surface area (Å²) < 4.78 is 27.7. The van der Waals surface area contributed by atoms with Crippen molar-refractivity contribution >= 4 is 11.6 Å². The molecule has 0 radical (unpaired) electrons. The minimum atomic E-state index is -0.597. The molecule has 1 atom stereocenters. The van der Waals surface area contributed by atoms with Crippen LogP contribution in [0.3, 0.4) is 0 Å². The third-order valence-electron chi connectivity index (χ3n) is 3.43. The van der Waals surface area contributed by atoms with Crippen LogP contribution < -0.4 is 5.32 Å². The average molecular weight is 310 g/mol. The number of benzene rings is 2. The number of nitrogens with one attached hydrogen (secondary N) is 1. The molecule has 0 saturated heterocycles. The molecule has 2 aromatic rings. The number of halogens is 3. The highest BCUT2D eigenvalue weighted by atomic mass is 35.5. The Labute approximate surface area is 128 Å². The summed E-state index contributed by atoms with van der Waals surface area (Å²) >= 11 is 5.61. The van der Waals surface area contributed by atoms with Crippen molar-refractivity contribution in [1.82, 2.24) is 5.32 Å². The summed E-state index contributed by atoms with van der Waals surface area (Å²) in [5.41, 5.74) is 2.54. The molecule has 0 fully saturated rings. The van der Waals surface area contributed by atoms with E-state index in [0.29, 0.717) is 18.5 Å². The second-order valence-electron chi connectivity index (χ2n) is 5.09. The maximum absolute atomic E-state index is 14.1. The Morgan fingerprint density at radius 2 is 1.76 bits per heavy atom. The van der Waals surface area contributed by atoms with Crippen molar-refractivity contribution in [3.63, 3.8) is 0 Å². The number of hydrogen-bond donors (Lipinski definition) is 1. The van der Waals surface area contributed by atoms with Crippen molar-refractivity contribution in [3.05, 3.63) is 69.7 Å². The fourth-order valence-corrected chi connectivity index (χ4v) is 2.45. The van der Waals surface area contributed by atoms with Gasteiger partial charge in [-0.05, 0) is 37.6 Å². The Balaban J connectivity index is 2.30. The molecule has 0 saturated carbocycles. The van der Waals surface area contributed by atoms with E-state index >= 15 is 0 Å². The zero-order chi connectivity index (χ0) is 15.4. The van der Waals surface area contributed by atoms with Crippen molar-refractivity contribution in [1.29, 1.82) is 0 Å². The minimum absolute atomic E-state index is 0.193. The lowest BCUT2D eigenvalue weighted by atomic mass is 9.97. The highest BCUT2D eigenvalue weighted by Crippen LogP contribution is 2.26. The molecular formula is C17H18ClF2N. The van der Waals surface area contributed by atoms with Gasteiger partial charge in [-0.15, -0.1) is 0 Å². The Morgan fingerprint density at radius 3 is 2.38 bits per heavy atom. The molecule has 0 aromatic heterocycles. The Morgan fingerprint density at radius 1 is 1.10 bits per heavy atom. The number of hydrogen-bond acceptors (Lipinski definition) is 1. The molecule has 0 aliphatic carbocycles. The second-order valence-corrected chi connectivity index (χ2v) is 5.50. The average Bonchev–Trinajstić information content (AvgIpc) is 2.45. The van der Waals surface area contributed by atoms with Gasteiger partial charge in [-0.2, -0.15) is 0 Å². The van der Waals surface area contributed by atoms with Crippen LogP contribution in [0, 0.1) is 18.6 Å². The maximum Gasteiger partial charge on any atom is 0.142 e.